The number of aromatic nitrogens is 2. The first-order chi connectivity index (χ1) is 9.52. The molecule has 0 saturated carbocycles. The van der Waals surface area contributed by atoms with Crippen molar-refractivity contribution in [3.63, 3.8) is 0 Å². The Kier molecular flexibility index (Phi) is 4.95. The number of nitrogens with zero attached hydrogens (tertiary/aromatic N) is 2. The summed E-state index contributed by atoms with van der Waals surface area (Å²) in [7, 11) is 0. The van der Waals surface area contributed by atoms with Crippen molar-refractivity contribution in [1.29, 1.82) is 0 Å². The summed E-state index contributed by atoms with van der Waals surface area (Å²) >= 11 is 3.42. The molecule has 0 amide bonds. The molecule has 0 aliphatic rings. The highest BCUT2D eigenvalue weighted by Crippen LogP contribution is 2.15. The molecule has 106 valence electrons. The van der Waals surface area contributed by atoms with E-state index in [4.69, 9.17) is 4.74 Å². The van der Waals surface area contributed by atoms with Gasteiger partial charge in [0.25, 0.3) is 0 Å². The number of aryl methyl sites for hydroxylation is 1. The lowest BCUT2D eigenvalue weighted by Crippen LogP contribution is -2.10. The van der Waals surface area contributed by atoms with E-state index in [1.165, 1.54) is 5.56 Å². The van der Waals surface area contributed by atoms with Crippen LogP contribution in [0.15, 0.2) is 34.8 Å². The highest BCUT2D eigenvalue weighted by molar-refractivity contribution is 9.10. The standard InChI is InChI=1S/C15H18BrN3O/c1-10(2)20-14-8-11(3)18-15(19-14)17-9-12-4-6-13(16)7-5-12/h4-8,10H,9H2,1-3H3,(H,17,18,19). The van der Waals surface area contributed by atoms with Crippen LogP contribution in [-0.4, -0.2) is 16.1 Å². The maximum atomic E-state index is 5.61. The van der Waals surface area contributed by atoms with Crippen LogP contribution in [0.1, 0.15) is 25.1 Å². The molecular weight excluding hydrogens is 318 g/mol. The van der Waals surface area contributed by atoms with Gasteiger partial charge < -0.3 is 10.1 Å². The molecule has 2 rings (SSSR count). The molecule has 0 bridgehead atoms. The Bertz CT molecular complexity index is 570. The van der Waals surface area contributed by atoms with Gasteiger partial charge in [0.05, 0.1) is 6.10 Å². The molecule has 0 spiro atoms. The SMILES string of the molecule is Cc1cc(OC(C)C)nc(NCc2ccc(Br)cc2)n1. The molecule has 0 saturated heterocycles. The molecule has 0 aliphatic heterocycles. The molecule has 2 aromatic rings. The Morgan fingerprint density at radius 1 is 1.20 bits per heavy atom. The lowest BCUT2D eigenvalue weighted by molar-refractivity contribution is 0.232. The minimum atomic E-state index is 0.101. The van der Waals surface area contributed by atoms with Crippen molar-refractivity contribution in [3.05, 3.63) is 46.1 Å². The third-order valence-electron chi connectivity index (χ3n) is 2.55. The fraction of sp³-hybridized carbons (Fsp3) is 0.333. The maximum absolute atomic E-state index is 5.61. The van der Waals surface area contributed by atoms with Gasteiger partial charge in [0.2, 0.25) is 11.8 Å². The molecule has 0 fully saturated rings. The van der Waals surface area contributed by atoms with E-state index < -0.39 is 0 Å². The summed E-state index contributed by atoms with van der Waals surface area (Å²) in [4.78, 5) is 8.71. The van der Waals surface area contributed by atoms with Crippen molar-refractivity contribution >= 4 is 21.9 Å². The van der Waals surface area contributed by atoms with Crippen molar-refractivity contribution in [2.75, 3.05) is 5.32 Å². The first-order valence-corrected chi connectivity index (χ1v) is 7.33. The van der Waals surface area contributed by atoms with Gasteiger partial charge in [-0.3, -0.25) is 0 Å². The van der Waals surface area contributed by atoms with Crippen LogP contribution in [0.25, 0.3) is 0 Å². The Morgan fingerprint density at radius 3 is 2.55 bits per heavy atom. The molecule has 1 aromatic heterocycles. The van der Waals surface area contributed by atoms with Gasteiger partial charge in [-0.2, -0.15) is 4.98 Å². The van der Waals surface area contributed by atoms with Gasteiger partial charge in [-0.1, -0.05) is 28.1 Å². The van der Waals surface area contributed by atoms with Crippen LogP contribution in [-0.2, 0) is 6.54 Å². The number of benzene rings is 1. The number of anilines is 1. The van der Waals surface area contributed by atoms with E-state index in [2.05, 4.69) is 43.3 Å². The fourth-order valence-corrected chi connectivity index (χ4v) is 1.97. The summed E-state index contributed by atoms with van der Waals surface area (Å²) < 4.78 is 6.68. The molecule has 4 nitrogen and oxygen atoms in total. The van der Waals surface area contributed by atoms with Gasteiger partial charge in [0.1, 0.15) is 0 Å². The average molecular weight is 336 g/mol. The number of rotatable bonds is 5. The van der Waals surface area contributed by atoms with Crippen molar-refractivity contribution in [2.24, 2.45) is 0 Å². The molecule has 1 heterocycles. The monoisotopic (exact) mass is 335 g/mol. The predicted molar refractivity (Wildman–Crippen MR) is 84.0 cm³/mol. The second kappa shape index (κ2) is 6.70. The Hall–Kier alpha value is -1.62. The van der Waals surface area contributed by atoms with E-state index in [1.54, 1.807) is 0 Å². The predicted octanol–water partition coefficient (Wildman–Crippen LogP) is 3.95. The van der Waals surface area contributed by atoms with E-state index in [1.807, 2.05) is 39.0 Å². The normalized spacial score (nSPS) is 10.7. The molecule has 0 radical (unpaired) electrons. The van der Waals surface area contributed by atoms with Crippen LogP contribution in [0.5, 0.6) is 5.88 Å². The molecule has 0 unspecified atom stereocenters. The van der Waals surface area contributed by atoms with Crippen LogP contribution in [0.2, 0.25) is 0 Å². The van der Waals surface area contributed by atoms with Crippen molar-refractivity contribution in [3.8, 4) is 5.88 Å². The zero-order valence-electron chi connectivity index (χ0n) is 11.9. The Balaban J connectivity index is 2.05. The number of nitrogens with one attached hydrogen (secondary N) is 1. The second-order valence-electron chi connectivity index (χ2n) is 4.82. The topological polar surface area (TPSA) is 47.0 Å². The highest BCUT2D eigenvalue weighted by Gasteiger charge is 2.05. The van der Waals surface area contributed by atoms with E-state index >= 15 is 0 Å². The van der Waals surface area contributed by atoms with E-state index in [0.29, 0.717) is 18.4 Å². The van der Waals surface area contributed by atoms with Gasteiger partial charge in [-0.25, -0.2) is 4.98 Å². The first kappa shape index (κ1) is 14.8. The van der Waals surface area contributed by atoms with Crippen LogP contribution < -0.4 is 10.1 Å². The van der Waals surface area contributed by atoms with E-state index in [-0.39, 0.29) is 6.10 Å². The molecular formula is C15H18BrN3O. The zero-order valence-corrected chi connectivity index (χ0v) is 13.4. The van der Waals surface area contributed by atoms with Gasteiger partial charge in [0, 0.05) is 22.8 Å². The van der Waals surface area contributed by atoms with Gasteiger partial charge in [0.15, 0.2) is 0 Å². The zero-order chi connectivity index (χ0) is 14.5. The number of hydrogen-bond acceptors (Lipinski definition) is 4. The smallest absolute Gasteiger partial charge is 0.226 e. The van der Waals surface area contributed by atoms with Crippen LogP contribution in [0.3, 0.4) is 0 Å². The largest absolute Gasteiger partial charge is 0.475 e. The minimum absolute atomic E-state index is 0.101. The minimum Gasteiger partial charge on any atom is -0.475 e. The highest BCUT2D eigenvalue weighted by atomic mass is 79.9. The fourth-order valence-electron chi connectivity index (χ4n) is 1.70. The molecule has 1 N–H and O–H groups in total. The lowest BCUT2D eigenvalue weighted by atomic mass is 10.2. The first-order valence-electron chi connectivity index (χ1n) is 6.53. The van der Waals surface area contributed by atoms with Gasteiger partial charge >= 0.3 is 0 Å². The van der Waals surface area contributed by atoms with E-state index in [9.17, 15) is 0 Å². The Labute approximate surface area is 127 Å². The Morgan fingerprint density at radius 2 is 1.90 bits per heavy atom. The number of ether oxygens (including phenoxy) is 1. The molecule has 0 atom stereocenters. The summed E-state index contributed by atoms with van der Waals surface area (Å²) in [6, 6.07) is 9.98. The molecule has 1 aromatic carbocycles. The second-order valence-corrected chi connectivity index (χ2v) is 5.73. The number of halogens is 1. The summed E-state index contributed by atoms with van der Waals surface area (Å²) in [6.07, 6.45) is 0.101. The maximum Gasteiger partial charge on any atom is 0.226 e. The van der Waals surface area contributed by atoms with Crippen molar-refractivity contribution in [1.82, 2.24) is 9.97 Å². The third kappa shape index (κ3) is 4.49. The summed E-state index contributed by atoms with van der Waals surface area (Å²) in [5.41, 5.74) is 2.05. The number of hydrogen-bond donors (Lipinski definition) is 1. The summed E-state index contributed by atoms with van der Waals surface area (Å²) in [5, 5.41) is 3.22. The van der Waals surface area contributed by atoms with Crippen molar-refractivity contribution in [2.45, 2.75) is 33.4 Å². The van der Waals surface area contributed by atoms with Crippen LogP contribution in [0, 0.1) is 6.92 Å². The average Bonchev–Trinajstić information content (AvgIpc) is 2.36. The van der Waals surface area contributed by atoms with E-state index in [0.717, 1.165) is 10.2 Å². The van der Waals surface area contributed by atoms with Crippen LogP contribution in [0.4, 0.5) is 5.95 Å². The van der Waals surface area contributed by atoms with Crippen LogP contribution >= 0.6 is 15.9 Å². The summed E-state index contributed by atoms with van der Waals surface area (Å²) in [6.45, 7) is 6.57. The molecule has 20 heavy (non-hydrogen) atoms. The molecule has 0 aliphatic carbocycles. The third-order valence-corrected chi connectivity index (χ3v) is 3.08. The van der Waals surface area contributed by atoms with Gasteiger partial charge in [-0.05, 0) is 38.5 Å². The van der Waals surface area contributed by atoms with Gasteiger partial charge in [-0.15, -0.1) is 0 Å². The lowest BCUT2D eigenvalue weighted by Gasteiger charge is -2.11. The van der Waals surface area contributed by atoms with Crippen molar-refractivity contribution < 1.29 is 4.74 Å². The molecule has 5 heteroatoms. The summed E-state index contributed by atoms with van der Waals surface area (Å²) in [5.74, 6) is 1.19. The quantitative estimate of drug-likeness (QED) is 0.898.